The maximum absolute atomic E-state index is 5.63. The molecule has 0 saturated heterocycles. The summed E-state index contributed by atoms with van der Waals surface area (Å²) >= 11 is 1.78. The quantitative estimate of drug-likeness (QED) is 0.783. The Morgan fingerprint density at radius 2 is 2.33 bits per heavy atom. The summed E-state index contributed by atoms with van der Waals surface area (Å²) in [6, 6.07) is 1.73. The van der Waals surface area contributed by atoms with Crippen LogP contribution in [0.5, 0.6) is 0 Å². The van der Waals surface area contributed by atoms with Crippen LogP contribution in [0.1, 0.15) is 32.6 Å². The Kier molecular flexibility index (Phi) is 3.46. The van der Waals surface area contributed by atoms with Crippen LogP contribution in [0.4, 0.5) is 5.82 Å². The van der Waals surface area contributed by atoms with E-state index < -0.39 is 0 Å². The summed E-state index contributed by atoms with van der Waals surface area (Å²) in [5, 5.41) is 1.50. The second-order valence-electron chi connectivity index (χ2n) is 4.28. The first-order valence-electron chi connectivity index (χ1n) is 5.49. The Morgan fingerprint density at radius 1 is 1.47 bits per heavy atom. The standard InChI is InChI=1S/C11H17N3S/c1-8-3-2-4-9(7-8)15-11-13-6-5-10(12)14-11/h5-6,8-9H,2-4,7H2,1H3,(H2,12,13,14). The molecule has 1 aromatic heterocycles. The lowest BCUT2D eigenvalue weighted by Gasteiger charge is -2.25. The molecular weight excluding hydrogens is 206 g/mol. The monoisotopic (exact) mass is 223 g/mol. The van der Waals surface area contributed by atoms with E-state index in [0.29, 0.717) is 11.1 Å². The highest BCUT2D eigenvalue weighted by Gasteiger charge is 2.20. The molecule has 1 fully saturated rings. The lowest BCUT2D eigenvalue weighted by Crippen LogP contribution is -2.15. The molecule has 0 spiro atoms. The number of thioether (sulfide) groups is 1. The van der Waals surface area contributed by atoms with Gasteiger partial charge in [0.15, 0.2) is 5.16 Å². The van der Waals surface area contributed by atoms with Crippen molar-refractivity contribution < 1.29 is 0 Å². The molecule has 1 saturated carbocycles. The van der Waals surface area contributed by atoms with Gasteiger partial charge in [0.25, 0.3) is 0 Å². The summed E-state index contributed by atoms with van der Waals surface area (Å²) in [5.41, 5.74) is 5.63. The Hall–Kier alpha value is -0.770. The third kappa shape index (κ3) is 3.09. The first-order chi connectivity index (χ1) is 7.24. The molecule has 0 radical (unpaired) electrons. The predicted octanol–water partition coefficient (Wildman–Crippen LogP) is 2.73. The van der Waals surface area contributed by atoms with E-state index in [9.17, 15) is 0 Å². The topological polar surface area (TPSA) is 51.8 Å². The average molecular weight is 223 g/mol. The highest BCUT2D eigenvalue weighted by atomic mass is 32.2. The Labute approximate surface area is 94.9 Å². The first kappa shape index (κ1) is 10.7. The molecule has 15 heavy (non-hydrogen) atoms. The van der Waals surface area contributed by atoms with Crippen LogP contribution in [0.25, 0.3) is 0 Å². The SMILES string of the molecule is CC1CCCC(Sc2nccc(N)n2)C1. The Morgan fingerprint density at radius 3 is 3.07 bits per heavy atom. The first-order valence-corrected chi connectivity index (χ1v) is 6.37. The predicted molar refractivity (Wildman–Crippen MR) is 63.7 cm³/mol. The van der Waals surface area contributed by atoms with Gasteiger partial charge in [-0.1, -0.05) is 31.5 Å². The smallest absolute Gasteiger partial charge is 0.189 e. The van der Waals surface area contributed by atoms with Crippen molar-refractivity contribution in [2.45, 2.75) is 43.0 Å². The largest absolute Gasteiger partial charge is 0.384 e. The molecule has 2 rings (SSSR count). The summed E-state index contributed by atoms with van der Waals surface area (Å²) in [6.07, 6.45) is 7.00. The average Bonchev–Trinajstić information content (AvgIpc) is 2.17. The van der Waals surface area contributed by atoms with Crippen LogP contribution in [0, 0.1) is 5.92 Å². The van der Waals surface area contributed by atoms with Crippen molar-refractivity contribution in [3.63, 3.8) is 0 Å². The minimum Gasteiger partial charge on any atom is -0.384 e. The number of nitrogens with two attached hydrogens (primary N) is 1. The maximum atomic E-state index is 5.63. The van der Waals surface area contributed by atoms with Gasteiger partial charge in [0.1, 0.15) is 5.82 Å². The fraction of sp³-hybridized carbons (Fsp3) is 0.636. The molecule has 2 N–H and O–H groups in total. The minimum absolute atomic E-state index is 0.566. The summed E-state index contributed by atoms with van der Waals surface area (Å²) < 4.78 is 0. The number of aromatic nitrogens is 2. The number of nitrogen functional groups attached to an aromatic ring is 1. The van der Waals surface area contributed by atoms with Crippen molar-refractivity contribution in [3.8, 4) is 0 Å². The summed E-state index contributed by atoms with van der Waals surface area (Å²) in [6.45, 7) is 2.33. The van der Waals surface area contributed by atoms with E-state index in [-0.39, 0.29) is 0 Å². The molecule has 4 heteroatoms. The Bertz CT molecular complexity index is 329. The van der Waals surface area contributed by atoms with Crippen LogP contribution in [0.2, 0.25) is 0 Å². The Balaban J connectivity index is 1.96. The van der Waals surface area contributed by atoms with Crippen molar-refractivity contribution in [2.24, 2.45) is 5.92 Å². The van der Waals surface area contributed by atoms with E-state index >= 15 is 0 Å². The van der Waals surface area contributed by atoms with Crippen molar-refractivity contribution >= 4 is 17.6 Å². The normalized spacial score (nSPS) is 26.5. The van der Waals surface area contributed by atoms with E-state index in [2.05, 4.69) is 16.9 Å². The van der Waals surface area contributed by atoms with Gasteiger partial charge >= 0.3 is 0 Å². The minimum atomic E-state index is 0.566. The van der Waals surface area contributed by atoms with Crippen molar-refractivity contribution in [2.75, 3.05) is 5.73 Å². The molecule has 0 amide bonds. The molecule has 0 aliphatic heterocycles. The van der Waals surface area contributed by atoms with Crippen LogP contribution in [0.3, 0.4) is 0 Å². The summed E-state index contributed by atoms with van der Waals surface area (Å²) in [4.78, 5) is 8.45. The van der Waals surface area contributed by atoms with E-state index in [1.807, 2.05) is 0 Å². The second kappa shape index (κ2) is 4.84. The van der Waals surface area contributed by atoms with E-state index in [0.717, 1.165) is 11.1 Å². The number of hydrogen-bond donors (Lipinski definition) is 1. The van der Waals surface area contributed by atoms with Gasteiger partial charge in [-0.2, -0.15) is 0 Å². The van der Waals surface area contributed by atoms with Gasteiger partial charge in [-0.3, -0.25) is 0 Å². The molecular formula is C11H17N3S. The van der Waals surface area contributed by atoms with Crippen LogP contribution in [-0.4, -0.2) is 15.2 Å². The van der Waals surface area contributed by atoms with Gasteiger partial charge in [-0.25, -0.2) is 9.97 Å². The zero-order valence-electron chi connectivity index (χ0n) is 9.02. The molecule has 2 unspecified atom stereocenters. The molecule has 1 heterocycles. The van der Waals surface area contributed by atoms with Crippen LogP contribution >= 0.6 is 11.8 Å². The zero-order valence-corrected chi connectivity index (χ0v) is 9.83. The van der Waals surface area contributed by atoms with E-state index in [1.165, 1.54) is 25.7 Å². The molecule has 0 aromatic carbocycles. The van der Waals surface area contributed by atoms with Crippen LogP contribution in [-0.2, 0) is 0 Å². The fourth-order valence-electron chi connectivity index (χ4n) is 2.05. The van der Waals surface area contributed by atoms with E-state index in [1.54, 1.807) is 24.0 Å². The summed E-state index contributed by atoms with van der Waals surface area (Å²) in [5.74, 6) is 1.41. The number of hydrogen-bond acceptors (Lipinski definition) is 4. The van der Waals surface area contributed by atoms with Crippen molar-refractivity contribution in [1.29, 1.82) is 0 Å². The van der Waals surface area contributed by atoms with Gasteiger partial charge in [-0.05, 0) is 24.8 Å². The molecule has 1 aliphatic rings. The van der Waals surface area contributed by atoms with Gasteiger partial charge in [0, 0.05) is 11.4 Å². The molecule has 0 bridgehead atoms. The van der Waals surface area contributed by atoms with Crippen LogP contribution in [0.15, 0.2) is 17.4 Å². The van der Waals surface area contributed by atoms with E-state index in [4.69, 9.17) is 5.73 Å². The molecule has 82 valence electrons. The highest BCUT2D eigenvalue weighted by Crippen LogP contribution is 2.34. The number of rotatable bonds is 2. The third-order valence-electron chi connectivity index (χ3n) is 2.82. The van der Waals surface area contributed by atoms with Gasteiger partial charge < -0.3 is 5.73 Å². The third-order valence-corrected chi connectivity index (χ3v) is 3.98. The van der Waals surface area contributed by atoms with Crippen molar-refractivity contribution in [1.82, 2.24) is 9.97 Å². The molecule has 1 aliphatic carbocycles. The molecule has 2 atom stereocenters. The lowest BCUT2D eigenvalue weighted by molar-refractivity contribution is 0.394. The van der Waals surface area contributed by atoms with Gasteiger partial charge in [0.2, 0.25) is 0 Å². The number of anilines is 1. The van der Waals surface area contributed by atoms with Gasteiger partial charge in [0.05, 0.1) is 0 Å². The van der Waals surface area contributed by atoms with Crippen LogP contribution < -0.4 is 5.73 Å². The van der Waals surface area contributed by atoms with Crippen molar-refractivity contribution in [3.05, 3.63) is 12.3 Å². The summed E-state index contributed by atoms with van der Waals surface area (Å²) in [7, 11) is 0. The number of nitrogens with zero attached hydrogens (tertiary/aromatic N) is 2. The highest BCUT2D eigenvalue weighted by molar-refractivity contribution is 7.99. The fourth-order valence-corrected chi connectivity index (χ4v) is 3.33. The molecule has 1 aromatic rings. The maximum Gasteiger partial charge on any atom is 0.189 e. The zero-order chi connectivity index (χ0) is 10.7. The van der Waals surface area contributed by atoms with Gasteiger partial charge in [-0.15, -0.1) is 0 Å². The molecule has 3 nitrogen and oxygen atoms in total. The lowest BCUT2D eigenvalue weighted by atomic mass is 9.91. The second-order valence-corrected chi connectivity index (χ2v) is 5.54.